The van der Waals surface area contributed by atoms with Crippen molar-refractivity contribution >= 4 is 11.8 Å². The third-order valence-electron chi connectivity index (χ3n) is 6.08. The van der Waals surface area contributed by atoms with Gasteiger partial charge in [0.25, 0.3) is 5.91 Å². The standard InChI is InChI=1S/C28H30N2O4/c1-33-26-10-6-5-7-23(26)19-27(31)30-17-15-24(16-18-30)29-28(32)22-13-11-21(12-14-22)20-34-25-8-3-2-4-9-25/h2-14,24H,15-20H2,1H3,(H,29,32). The molecule has 0 aliphatic carbocycles. The molecule has 4 rings (SSSR count). The summed E-state index contributed by atoms with van der Waals surface area (Å²) in [6.45, 7) is 1.72. The molecule has 1 aliphatic rings. The van der Waals surface area contributed by atoms with Crippen LogP contribution in [0.3, 0.4) is 0 Å². The molecule has 2 amide bonds. The molecule has 1 fully saturated rings. The number of nitrogens with zero attached hydrogens (tertiary/aromatic N) is 1. The minimum absolute atomic E-state index is 0.0592. The maximum Gasteiger partial charge on any atom is 0.251 e. The van der Waals surface area contributed by atoms with Crippen LogP contribution in [0.25, 0.3) is 0 Å². The molecule has 6 nitrogen and oxygen atoms in total. The van der Waals surface area contributed by atoms with Gasteiger partial charge in [-0.05, 0) is 48.7 Å². The molecule has 34 heavy (non-hydrogen) atoms. The van der Waals surface area contributed by atoms with Crippen LogP contribution in [0.4, 0.5) is 0 Å². The molecule has 0 spiro atoms. The molecule has 1 aliphatic heterocycles. The minimum atomic E-state index is -0.0886. The Morgan fingerprint density at radius 3 is 2.29 bits per heavy atom. The molecular weight excluding hydrogens is 428 g/mol. The summed E-state index contributed by atoms with van der Waals surface area (Å²) in [5.74, 6) is 1.55. The number of carbonyl (C=O) groups is 2. The van der Waals surface area contributed by atoms with Crippen molar-refractivity contribution in [1.29, 1.82) is 0 Å². The summed E-state index contributed by atoms with van der Waals surface area (Å²) >= 11 is 0. The molecule has 0 bridgehead atoms. The Hall–Kier alpha value is -3.80. The first kappa shape index (κ1) is 23.4. The van der Waals surface area contributed by atoms with Crippen LogP contribution in [0, 0.1) is 0 Å². The fourth-order valence-corrected chi connectivity index (χ4v) is 4.10. The number of hydrogen-bond acceptors (Lipinski definition) is 4. The zero-order valence-electron chi connectivity index (χ0n) is 19.4. The first-order valence-corrected chi connectivity index (χ1v) is 11.6. The van der Waals surface area contributed by atoms with Gasteiger partial charge in [0.2, 0.25) is 5.91 Å². The van der Waals surface area contributed by atoms with E-state index in [2.05, 4.69) is 5.32 Å². The summed E-state index contributed by atoms with van der Waals surface area (Å²) in [5, 5.41) is 3.11. The minimum Gasteiger partial charge on any atom is -0.496 e. The van der Waals surface area contributed by atoms with Gasteiger partial charge in [0.1, 0.15) is 18.1 Å². The molecule has 1 heterocycles. The zero-order chi connectivity index (χ0) is 23.8. The highest BCUT2D eigenvalue weighted by Gasteiger charge is 2.24. The Morgan fingerprint density at radius 1 is 0.912 bits per heavy atom. The van der Waals surface area contributed by atoms with Gasteiger partial charge in [0.15, 0.2) is 0 Å². The van der Waals surface area contributed by atoms with Gasteiger partial charge in [-0.15, -0.1) is 0 Å². The third kappa shape index (κ3) is 6.16. The van der Waals surface area contributed by atoms with Crippen LogP contribution in [0.1, 0.15) is 34.3 Å². The van der Waals surface area contributed by atoms with Gasteiger partial charge >= 0.3 is 0 Å². The summed E-state index contributed by atoms with van der Waals surface area (Å²) in [6.07, 6.45) is 1.81. The average Bonchev–Trinajstić information content (AvgIpc) is 2.89. The molecule has 0 saturated carbocycles. The molecule has 3 aromatic carbocycles. The van der Waals surface area contributed by atoms with Crippen LogP contribution < -0.4 is 14.8 Å². The predicted molar refractivity (Wildman–Crippen MR) is 131 cm³/mol. The first-order chi connectivity index (χ1) is 16.6. The molecule has 1 N–H and O–H groups in total. The van der Waals surface area contributed by atoms with E-state index < -0.39 is 0 Å². The molecule has 0 radical (unpaired) electrons. The fraction of sp³-hybridized carbons (Fsp3) is 0.286. The van der Waals surface area contributed by atoms with Gasteiger partial charge in [-0.1, -0.05) is 48.5 Å². The van der Waals surface area contributed by atoms with Gasteiger partial charge in [-0.25, -0.2) is 0 Å². The van der Waals surface area contributed by atoms with Crippen molar-refractivity contribution in [2.45, 2.75) is 31.9 Å². The van der Waals surface area contributed by atoms with Crippen LogP contribution in [0.5, 0.6) is 11.5 Å². The van der Waals surface area contributed by atoms with Crippen LogP contribution in [0.15, 0.2) is 78.9 Å². The summed E-state index contributed by atoms with van der Waals surface area (Å²) in [6, 6.07) is 24.8. The van der Waals surface area contributed by atoms with E-state index in [1.54, 1.807) is 7.11 Å². The lowest BCUT2D eigenvalue weighted by Crippen LogP contribution is -2.47. The van der Waals surface area contributed by atoms with Gasteiger partial charge in [0.05, 0.1) is 13.5 Å². The summed E-state index contributed by atoms with van der Waals surface area (Å²) in [4.78, 5) is 27.3. The number of carbonyl (C=O) groups excluding carboxylic acids is 2. The zero-order valence-corrected chi connectivity index (χ0v) is 19.4. The van der Waals surface area contributed by atoms with E-state index in [-0.39, 0.29) is 17.9 Å². The van der Waals surface area contributed by atoms with E-state index in [9.17, 15) is 9.59 Å². The average molecular weight is 459 g/mol. The van der Waals surface area contributed by atoms with Gasteiger partial charge in [0, 0.05) is 30.3 Å². The Labute approximate surface area is 200 Å². The van der Waals surface area contributed by atoms with Crippen molar-refractivity contribution in [1.82, 2.24) is 10.2 Å². The highest BCUT2D eigenvalue weighted by molar-refractivity contribution is 5.94. The quantitative estimate of drug-likeness (QED) is 0.548. The lowest BCUT2D eigenvalue weighted by Gasteiger charge is -2.32. The maximum atomic E-state index is 12.7. The van der Waals surface area contributed by atoms with Gasteiger partial charge in [-0.3, -0.25) is 9.59 Å². The Morgan fingerprint density at radius 2 is 1.59 bits per heavy atom. The van der Waals surface area contributed by atoms with Crippen molar-refractivity contribution in [2.75, 3.05) is 20.2 Å². The number of hydrogen-bond donors (Lipinski definition) is 1. The lowest BCUT2D eigenvalue weighted by molar-refractivity contribution is -0.131. The van der Waals surface area contributed by atoms with Crippen LogP contribution in [-0.4, -0.2) is 43.0 Å². The number of piperidine rings is 1. The molecule has 1 saturated heterocycles. The summed E-state index contributed by atoms with van der Waals surface area (Å²) < 4.78 is 11.1. The van der Waals surface area contributed by atoms with Crippen LogP contribution >= 0.6 is 0 Å². The number of para-hydroxylation sites is 2. The summed E-state index contributed by atoms with van der Waals surface area (Å²) in [5.41, 5.74) is 2.52. The van der Waals surface area contributed by atoms with Gasteiger partial charge < -0.3 is 19.7 Å². The second-order valence-corrected chi connectivity index (χ2v) is 8.42. The van der Waals surface area contributed by atoms with Crippen LogP contribution in [-0.2, 0) is 17.8 Å². The number of likely N-dealkylation sites (tertiary alicyclic amines) is 1. The van der Waals surface area contributed by atoms with Crippen molar-refractivity contribution in [2.24, 2.45) is 0 Å². The molecule has 0 unspecified atom stereocenters. The van der Waals surface area contributed by atoms with Crippen molar-refractivity contribution < 1.29 is 19.1 Å². The SMILES string of the molecule is COc1ccccc1CC(=O)N1CCC(NC(=O)c2ccc(COc3ccccc3)cc2)CC1. The molecule has 3 aromatic rings. The van der Waals surface area contributed by atoms with E-state index in [0.29, 0.717) is 31.7 Å². The molecule has 176 valence electrons. The predicted octanol–water partition coefficient (Wildman–Crippen LogP) is 4.24. The van der Waals surface area contributed by atoms with Crippen LogP contribution in [0.2, 0.25) is 0 Å². The molecular formula is C28H30N2O4. The second kappa shape index (κ2) is 11.4. The number of amides is 2. The Kier molecular flexibility index (Phi) is 7.81. The Bertz CT molecular complexity index is 1090. The van der Waals surface area contributed by atoms with Crippen molar-refractivity contribution in [3.8, 4) is 11.5 Å². The highest BCUT2D eigenvalue weighted by Crippen LogP contribution is 2.20. The van der Waals surface area contributed by atoms with E-state index in [0.717, 1.165) is 35.5 Å². The number of nitrogens with one attached hydrogen (secondary N) is 1. The summed E-state index contributed by atoms with van der Waals surface area (Å²) in [7, 11) is 1.61. The van der Waals surface area contributed by atoms with Gasteiger partial charge in [-0.2, -0.15) is 0 Å². The monoisotopic (exact) mass is 458 g/mol. The van der Waals surface area contributed by atoms with E-state index in [1.807, 2.05) is 83.8 Å². The highest BCUT2D eigenvalue weighted by atomic mass is 16.5. The van der Waals surface area contributed by atoms with Crippen molar-refractivity contribution in [3.63, 3.8) is 0 Å². The Balaban J connectivity index is 1.23. The lowest BCUT2D eigenvalue weighted by atomic mass is 10.0. The number of methoxy groups -OCH3 is 1. The number of ether oxygens (including phenoxy) is 2. The largest absolute Gasteiger partial charge is 0.496 e. The smallest absolute Gasteiger partial charge is 0.251 e. The number of rotatable bonds is 8. The van der Waals surface area contributed by atoms with E-state index in [1.165, 1.54) is 0 Å². The molecule has 0 aromatic heterocycles. The third-order valence-corrected chi connectivity index (χ3v) is 6.08. The molecule has 6 heteroatoms. The normalized spacial score (nSPS) is 13.9. The second-order valence-electron chi connectivity index (χ2n) is 8.42. The van der Waals surface area contributed by atoms with E-state index >= 15 is 0 Å². The topological polar surface area (TPSA) is 67.9 Å². The van der Waals surface area contributed by atoms with Crippen molar-refractivity contribution in [3.05, 3.63) is 95.6 Å². The number of benzene rings is 3. The molecule has 0 atom stereocenters. The van der Waals surface area contributed by atoms with E-state index in [4.69, 9.17) is 9.47 Å². The first-order valence-electron chi connectivity index (χ1n) is 11.6. The maximum absolute atomic E-state index is 12.7. The fourth-order valence-electron chi connectivity index (χ4n) is 4.10.